The molecule has 0 radical (unpaired) electrons. The lowest BCUT2D eigenvalue weighted by Gasteiger charge is -2.31. The number of hydrogen-bond donors (Lipinski definition) is 1. The summed E-state index contributed by atoms with van der Waals surface area (Å²) in [4.78, 5) is 25.6. The van der Waals surface area contributed by atoms with Crippen molar-refractivity contribution in [3.8, 4) is 0 Å². The van der Waals surface area contributed by atoms with Gasteiger partial charge in [0.1, 0.15) is 0 Å². The van der Waals surface area contributed by atoms with Crippen molar-refractivity contribution in [3.05, 3.63) is 0 Å². The van der Waals surface area contributed by atoms with Crippen LogP contribution < -0.4 is 5.32 Å². The minimum Gasteiger partial charge on any atom is -0.383 e. The van der Waals surface area contributed by atoms with Gasteiger partial charge in [-0.15, -0.1) is 0 Å². The van der Waals surface area contributed by atoms with Crippen molar-refractivity contribution in [1.82, 2.24) is 10.2 Å². The fourth-order valence-electron chi connectivity index (χ4n) is 2.29. The van der Waals surface area contributed by atoms with Gasteiger partial charge in [-0.2, -0.15) is 0 Å². The van der Waals surface area contributed by atoms with Gasteiger partial charge in [0.15, 0.2) is 0 Å². The van der Waals surface area contributed by atoms with E-state index < -0.39 is 0 Å². The second-order valence-corrected chi connectivity index (χ2v) is 5.54. The van der Waals surface area contributed by atoms with Crippen LogP contribution in [0, 0.1) is 11.8 Å². The monoisotopic (exact) mass is 270 g/mol. The van der Waals surface area contributed by atoms with Crippen LogP contribution in [0.5, 0.6) is 0 Å². The predicted octanol–water partition coefficient (Wildman–Crippen LogP) is 1.03. The number of nitrogens with zero attached hydrogens (tertiary/aromatic N) is 1. The average molecular weight is 270 g/mol. The lowest BCUT2D eigenvalue weighted by atomic mass is 9.95. The second kappa shape index (κ2) is 8.15. The molecule has 2 amide bonds. The van der Waals surface area contributed by atoms with E-state index in [2.05, 4.69) is 5.32 Å². The first kappa shape index (κ1) is 16.0. The van der Waals surface area contributed by atoms with E-state index in [0.717, 1.165) is 12.8 Å². The van der Waals surface area contributed by atoms with Crippen LogP contribution in [-0.2, 0) is 14.3 Å². The number of likely N-dealkylation sites (tertiary alicyclic amines) is 1. The quantitative estimate of drug-likeness (QED) is 0.734. The minimum atomic E-state index is 0.0416. The van der Waals surface area contributed by atoms with E-state index in [1.807, 2.05) is 18.7 Å². The number of hydrogen-bond acceptors (Lipinski definition) is 3. The largest absolute Gasteiger partial charge is 0.383 e. The van der Waals surface area contributed by atoms with E-state index in [9.17, 15) is 9.59 Å². The van der Waals surface area contributed by atoms with Crippen LogP contribution in [0.15, 0.2) is 0 Å². The lowest BCUT2D eigenvalue weighted by molar-refractivity contribution is -0.136. The van der Waals surface area contributed by atoms with Crippen LogP contribution >= 0.6 is 0 Å². The number of carbonyl (C=O) groups is 2. The van der Waals surface area contributed by atoms with Gasteiger partial charge in [-0.1, -0.05) is 13.8 Å². The summed E-state index contributed by atoms with van der Waals surface area (Å²) in [7, 11) is 1.62. The molecule has 1 heterocycles. The van der Waals surface area contributed by atoms with Gasteiger partial charge >= 0.3 is 0 Å². The lowest BCUT2D eigenvalue weighted by Crippen LogP contribution is -2.43. The maximum absolute atomic E-state index is 11.9. The van der Waals surface area contributed by atoms with Crippen molar-refractivity contribution in [2.24, 2.45) is 11.8 Å². The standard InChI is InChI=1S/C14H26N2O3/c1-11(2)10-13(17)16-7-4-12(5-8-16)14(18)15-6-9-19-3/h11-12H,4-10H2,1-3H3,(H,15,18). The van der Waals surface area contributed by atoms with Crippen molar-refractivity contribution >= 4 is 11.8 Å². The van der Waals surface area contributed by atoms with Gasteiger partial charge in [0.25, 0.3) is 0 Å². The summed E-state index contributed by atoms with van der Waals surface area (Å²) in [6.07, 6.45) is 2.13. The van der Waals surface area contributed by atoms with Crippen LogP contribution in [0.1, 0.15) is 33.1 Å². The average Bonchev–Trinajstić information content (AvgIpc) is 2.38. The fraction of sp³-hybridized carbons (Fsp3) is 0.857. The Bertz CT molecular complexity index is 297. The zero-order valence-corrected chi connectivity index (χ0v) is 12.3. The molecule has 5 nitrogen and oxygen atoms in total. The summed E-state index contributed by atoms with van der Waals surface area (Å²) in [6.45, 7) is 6.60. The van der Waals surface area contributed by atoms with Crippen LogP contribution in [0.2, 0.25) is 0 Å². The molecule has 0 saturated carbocycles. The van der Waals surface area contributed by atoms with Crippen molar-refractivity contribution in [3.63, 3.8) is 0 Å². The van der Waals surface area contributed by atoms with Gasteiger partial charge in [-0.05, 0) is 18.8 Å². The van der Waals surface area contributed by atoms with E-state index in [-0.39, 0.29) is 17.7 Å². The van der Waals surface area contributed by atoms with Crippen LogP contribution in [0.3, 0.4) is 0 Å². The number of rotatable bonds is 6. The highest BCUT2D eigenvalue weighted by molar-refractivity contribution is 5.80. The Hall–Kier alpha value is -1.10. The fourth-order valence-corrected chi connectivity index (χ4v) is 2.29. The molecular weight excluding hydrogens is 244 g/mol. The number of ether oxygens (including phenoxy) is 1. The maximum atomic E-state index is 11.9. The highest BCUT2D eigenvalue weighted by Gasteiger charge is 2.27. The van der Waals surface area contributed by atoms with E-state index in [0.29, 0.717) is 38.6 Å². The molecule has 5 heteroatoms. The molecule has 1 rings (SSSR count). The summed E-state index contributed by atoms with van der Waals surface area (Å²) in [5.41, 5.74) is 0. The molecule has 0 aromatic carbocycles. The molecule has 1 aliphatic rings. The minimum absolute atomic E-state index is 0.0416. The Morgan fingerprint density at radius 3 is 2.47 bits per heavy atom. The van der Waals surface area contributed by atoms with Crippen LogP contribution in [-0.4, -0.2) is 50.1 Å². The SMILES string of the molecule is COCCNC(=O)C1CCN(C(=O)CC(C)C)CC1. The second-order valence-electron chi connectivity index (χ2n) is 5.54. The highest BCUT2D eigenvalue weighted by atomic mass is 16.5. The van der Waals surface area contributed by atoms with E-state index in [1.165, 1.54) is 0 Å². The first-order valence-electron chi connectivity index (χ1n) is 7.09. The number of nitrogens with one attached hydrogen (secondary N) is 1. The van der Waals surface area contributed by atoms with Gasteiger partial charge < -0.3 is 15.0 Å². The Balaban J connectivity index is 2.28. The van der Waals surface area contributed by atoms with Crippen molar-refractivity contribution in [1.29, 1.82) is 0 Å². The zero-order valence-electron chi connectivity index (χ0n) is 12.3. The predicted molar refractivity (Wildman–Crippen MR) is 73.6 cm³/mol. The number of amides is 2. The smallest absolute Gasteiger partial charge is 0.223 e. The van der Waals surface area contributed by atoms with Gasteiger partial charge in [-0.25, -0.2) is 0 Å². The molecule has 0 atom stereocenters. The molecule has 0 aromatic rings. The molecule has 1 saturated heterocycles. The molecule has 0 aromatic heterocycles. The van der Waals surface area contributed by atoms with Crippen LogP contribution in [0.4, 0.5) is 0 Å². The van der Waals surface area contributed by atoms with E-state index >= 15 is 0 Å². The first-order valence-corrected chi connectivity index (χ1v) is 7.09. The Morgan fingerprint density at radius 2 is 1.95 bits per heavy atom. The van der Waals surface area contributed by atoms with Gasteiger partial charge in [-0.3, -0.25) is 9.59 Å². The van der Waals surface area contributed by atoms with Gasteiger partial charge in [0.05, 0.1) is 6.61 Å². The summed E-state index contributed by atoms with van der Waals surface area (Å²) < 4.78 is 4.90. The first-order chi connectivity index (χ1) is 9.04. The third-order valence-electron chi connectivity index (χ3n) is 3.41. The van der Waals surface area contributed by atoms with E-state index in [1.54, 1.807) is 7.11 Å². The number of carbonyl (C=O) groups excluding carboxylic acids is 2. The van der Waals surface area contributed by atoms with Crippen molar-refractivity contribution in [2.45, 2.75) is 33.1 Å². The van der Waals surface area contributed by atoms with Crippen molar-refractivity contribution < 1.29 is 14.3 Å². The van der Waals surface area contributed by atoms with Crippen LogP contribution in [0.25, 0.3) is 0 Å². The normalized spacial score (nSPS) is 16.7. The summed E-state index contributed by atoms with van der Waals surface area (Å²) in [6, 6.07) is 0. The van der Waals surface area contributed by atoms with Gasteiger partial charge in [0.2, 0.25) is 11.8 Å². The highest BCUT2D eigenvalue weighted by Crippen LogP contribution is 2.18. The molecule has 0 bridgehead atoms. The molecule has 1 aliphatic heterocycles. The maximum Gasteiger partial charge on any atom is 0.223 e. The topological polar surface area (TPSA) is 58.6 Å². The van der Waals surface area contributed by atoms with Gasteiger partial charge in [0, 0.05) is 39.1 Å². The molecular formula is C14H26N2O3. The Kier molecular flexibility index (Phi) is 6.84. The zero-order chi connectivity index (χ0) is 14.3. The summed E-state index contributed by atoms with van der Waals surface area (Å²) >= 11 is 0. The molecule has 0 aliphatic carbocycles. The molecule has 1 N–H and O–H groups in total. The molecule has 110 valence electrons. The Morgan fingerprint density at radius 1 is 1.32 bits per heavy atom. The summed E-state index contributed by atoms with van der Waals surface area (Å²) in [5.74, 6) is 0.740. The molecule has 0 spiro atoms. The third-order valence-corrected chi connectivity index (χ3v) is 3.41. The number of piperidine rings is 1. The third kappa shape index (κ3) is 5.59. The Labute approximate surface area is 115 Å². The molecule has 19 heavy (non-hydrogen) atoms. The molecule has 1 fully saturated rings. The van der Waals surface area contributed by atoms with E-state index in [4.69, 9.17) is 4.74 Å². The number of methoxy groups -OCH3 is 1. The molecule has 0 unspecified atom stereocenters. The van der Waals surface area contributed by atoms with Crippen molar-refractivity contribution in [2.75, 3.05) is 33.4 Å². The summed E-state index contributed by atoms with van der Waals surface area (Å²) in [5, 5.41) is 2.86.